The molecule has 0 fully saturated rings. The zero-order valence-corrected chi connectivity index (χ0v) is 23.5. The molecule has 0 saturated carbocycles. The summed E-state index contributed by atoms with van der Waals surface area (Å²) in [6.07, 6.45) is 4.44. The van der Waals surface area contributed by atoms with Gasteiger partial charge in [-0.1, -0.05) is 6.42 Å². The van der Waals surface area contributed by atoms with Gasteiger partial charge < -0.3 is 25.5 Å². The smallest absolute Gasteiger partial charge is 0.352 e. The first-order valence-electron chi connectivity index (χ1n) is 12.4. The third-order valence-electron chi connectivity index (χ3n) is 6.11. The van der Waals surface area contributed by atoms with Crippen LogP contribution >= 0.6 is 0 Å². The molecule has 3 rings (SSSR count). The first kappa shape index (κ1) is 31.2. The second-order valence-corrected chi connectivity index (χ2v) is 11.6. The summed E-state index contributed by atoms with van der Waals surface area (Å²) >= 11 is 0. The Balaban J connectivity index is 2.21. The highest BCUT2D eigenvalue weighted by Crippen LogP contribution is 2.32. The van der Waals surface area contributed by atoms with Gasteiger partial charge in [-0.15, -0.1) is 0 Å². The zero-order chi connectivity index (χ0) is 30.5. The minimum atomic E-state index is -4.15. The van der Waals surface area contributed by atoms with Crippen molar-refractivity contribution in [3.8, 4) is 17.1 Å². The van der Waals surface area contributed by atoms with Crippen LogP contribution in [0.5, 0.6) is 5.75 Å². The molecule has 1 aliphatic heterocycles. The van der Waals surface area contributed by atoms with Crippen molar-refractivity contribution in [1.29, 1.82) is 0 Å². The summed E-state index contributed by atoms with van der Waals surface area (Å²) in [6.45, 7) is 0.262. The summed E-state index contributed by atoms with van der Waals surface area (Å²) in [4.78, 5) is 48.5. The van der Waals surface area contributed by atoms with Gasteiger partial charge in [-0.05, 0) is 43.1 Å². The summed E-state index contributed by atoms with van der Waals surface area (Å²) in [7, 11) is -0.984. The van der Waals surface area contributed by atoms with Crippen LogP contribution in [0.25, 0.3) is 11.4 Å². The molecular weight excluding hydrogens is 560 g/mol. The number of hydrazine groups is 1. The number of carboxylic acids is 1. The van der Waals surface area contributed by atoms with Gasteiger partial charge in [0.1, 0.15) is 23.2 Å². The van der Waals surface area contributed by atoms with Crippen molar-refractivity contribution in [2.75, 3.05) is 26.9 Å². The number of hydrogen-bond acceptors (Lipinski definition) is 12. The molecule has 16 nitrogen and oxygen atoms in total. The van der Waals surface area contributed by atoms with Gasteiger partial charge in [0.05, 0.1) is 11.3 Å². The van der Waals surface area contributed by atoms with Gasteiger partial charge in [0.25, 0.3) is 5.88 Å². The predicted octanol–water partition coefficient (Wildman–Crippen LogP) is 0.320. The van der Waals surface area contributed by atoms with E-state index in [0.717, 1.165) is 6.26 Å². The Labute approximate surface area is 235 Å². The molecular formula is C24H32N8O8S. The van der Waals surface area contributed by atoms with Crippen molar-refractivity contribution in [3.05, 3.63) is 57.9 Å². The van der Waals surface area contributed by atoms with Gasteiger partial charge in [-0.25, -0.2) is 29.2 Å². The highest BCUT2D eigenvalue weighted by molar-refractivity contribution is 7.91. The SMILES string of the molecule is CN(C)C(=O)Cc1cc(OC2=C([N+](=O)[O-])C(C(CCCCN)C(=O)O)=NC(S(C)(=O)=O)N2N)cc(-c2ncc[nH]2)c1. The minimum Gasteiger partial charge on any atom is -0.481 e. The molecule has 1 aromatic heterocycles. The van der Waals surface area contributed by atoms with E-state index >= 15 is 0 Å². The Hall–Kier alpha value is -4.35. The fourth-order valence-electron chi connectivity index (χ4n) is 4.10. The van der Waals surface area contributed by atoms with E-state index in [2.05, 4.69) is 15.0 Å². The van der Waals surface area contributed by atoms with Crippen molar-refractivity contribution < 1.29 is 32.8 Å². The topological polar surface area (TPSA) is 240 Å². The first-order valence-corrected chi connectivity index (χ1v) is 14.3. The molecule has 0 radical (unpaired) electrons. The van der Waals surface area contributed by atoms with E-state index < -0.39 is 49.4 Å². The number of aromatic nitrogens is 2. The number of nitrogens with zero attached hydrogens (tertiary/aromatic N) is 5. The molecule has 1 aliphatic rings. The molecule has 0 aliphatic carbocycles. The van der Waals surface area contributed by atoms with Crippen LogP contribution < -0.4 is 16.3 Å². The molecule has 1 aromatic carbocycles. The third kappa shape index (κ3) is 7.44. The Morgan fingerprint density at radius 2 is 2.00 bits per heavy atom. The molecule has 0 saturated heterocycles. The monoisotopic (exact) mass is 592 g/mol. The molecule has 222 valence electrons. The van der Waals surface area contributed by atoms with Gasteiger partial charge in [0.15, 0.2) is 9.84 Å². The highest BCUT2D eigenvalue weighted by atomic mass is 32.2. The lowest BCUT2D eigenvalue weighted by Crippen LogP contribution is -2.51. The van der Waals surface area contributed by atoms with Crippen LogP contribution in [0.2, 0.25) is 0 Å². The van der Waals surface area contributed by atoms with Crippen molar-refractivity contribution in [1.82, 2.24) is 19.9 Å². The molecule has 2 heterocycles. The van der Waals surface area contributed by atoms with E-state index in [0.29, 0.717) is 28.4 Å². The van der Waals surface area contributed by atoms with Gasteiger partial charge in [-0.3, -0.25) is 19.7 Å². The molecule has 41 heavy (non-hydrogen) atoms. The number of carboxylic acid groups (broad SMARTS) is 1. The van der Waals surface area contributed by atoms with Crippen LogP contribution in [-0.2, 0) is 25.8 Å². The number of carbonyl (C=O) groups is 2. The minimum absolute atomic E-state index is 0.0474. The number of aliphatic carboxylic acids is 1. The van der Waals surface area contributed by atoms with Crippen molar-refractivity contribution in [3.63, 3.8) is 0 Å². The Morgan fingerprint density at radius 3 is 2.54 bits per heavy atom. The number of rotatable bonds is 13. The van der Waals surface area contributed by atoms with Gasteiger partial charge in [0.2, 0.25) is 11.4 Å². The van der Waals surface area contributed by atoms with Gasteiger partial charge in [-0.2, -0.15) is 0 Å². The van der Waals surface area contributed by atoms with E-state index in [4.69, 9.17) is 16.3 Å². The molecule has 0 bridgehead atoms. The standard InChI is InChI=1S/C24H32N8O8S/c1-30(2)18(33)12-14-10-15(21-27-8-9-28-21)13-16(11-14)40-22-20(32(36)37)19(17(23(34)35)6-4-5-7-25)29-24(31(22)26)41(3,38)39/h8-11,13,17,24H,4-7,12,25-26H2,1-3H3,(H,27,28)(H,34,35). The second-order valence-electron chi connectivity index (χ2n) is 9.53. The lowest BCUT2D eigenvalue weighted by Gasteiger charge is -2.31. The van der Waals surface area contributed by atoms with E-state index in [-0.39, 0.29) is 37.5 Å². The molecule has 2 atom stereocenters. The number of nitrogens with two attached hydrogens (primary N) is 2. The van der Waals surface area contributed by atoms with Crippen LogP contribution in [0.4, 0.5) is 0 Å². The predicted molar refractivity (Wildman–Crippen MR) is 147 cm³/mol. The van der Waals surface area contributed by atoms with E-state index in [1.807, 2.05) is 0 Å². The number of benzene rings is 1. The molecule has 1 amide bonds. The fourth-order valence-corrected chi connectivity index (χ4v) is 4.91. The number of sulfone groups is 1. The number of carbonyl (C=O) groups excluding carboxylic acids is 1. The molecule has 2 aromatic rings. The fraction of sp³-hybridized carbons (Fsp3) is 0.417. The summed E-state index contributed by atoms with van der Waals surface area (Å²) in [5.74, 6) is 2.44. The van der Waals surface area contributed by atoms with Crippen LogP contribution in [-0.4, -0.2) is 88.3 Å². The van der Waals surface area contributed by atoms with Crippen LogP contribution in [0.1, 0.15) is 24.8 Å². The van der Waals surface area contributed by atoms with Crippen LogP contribution in [0.3, 0.4) is 0 Å². The summed E-state index contributed by atoms with van der Waals surface area (Å²) in [5, 5.41) is 22.7. The van der Waals surface area contributed by atoms with E-state index in [1.165, 1.54) is 23.2 Å². The number of amides is 1. The van der Waals surface area contributed by atoms with Crippen molar-refractivity contribution >= 4 is 27.4 Å². The zero-order valence-electron chi connectivity index (χ0n) is 22.7. The number of ether oxygens (including phenoxy) is 1. The van der Waals surface area contributed by atoms with E-state index in [1.54, 1.807) is 26.4 Å². The van der Waals surface area contributed by atoms with Crippen molar-refractivity contribution in [2.45, 2.75) is 31.2 Å². The lowest BCUT2D eigenvalue weighted by molar-refractivity contribution is -0.420. The van der Waals surface area contributed by atoms with Gasteiger partial charge >= 0.3 is 11.7 Å². The largest absolute Gasteiger partial charge is 0.481 e. The second kappa shape index (κ2) is 12.9. The number of nitro groups is 1. The number of likely N-dealkylation sites (N-methyl/N-ethyl adjacent to an activating group) is 1. The number of aromatic amines is 1. The maximum Gasteiger partial charge on any atom is 0.352 e. The van der Waals surface area contributed by atoms with Crippen molar-refractivity contribution in [2.24, 2.45) is 22.5 Å². The first-order chi connectivity index (χ1) is 19.2. The average Bonchev–Trinajstić information content (AvgIpc) is 3.42. The van der Waals surface area contributed by atoms with Crippen LogP contribution in [0.15, 0.2) is 47.2 Å². The summed E-state index contributed by atoms with van der Waals surface area (Å²) < 4.78 is 31.1. The number of unbranched alkanes of at least 4 members (excludes halogenated alkanes) is 1. The summed E-state index contributed by atoms with van der Waals surface area (Å²) in [6, 6.07) is 4.56. The number of aliphatic imine (C=N–C) groups is 1. The Morgan fingerprint density at radius 1 is 1.29 bits per heavy atom. The number of allylic oxidation sites excluding steroid dienone is 1. The number of hydrogen-bond donors (Lipinski definition) is 4. The average molecular weight is 593 g/mol. The Bertz CT molecular complexity index is 1470. The molecule has 17 heteroatoms. The third-order valence-corrected chi connectivity index (χ3v) is 7.21. The maximum absolute atomic E-state index is 12.6. The Kier molecular flexibility index (Phi) is 9.79. The molecule has 2 unspecified atom stereocenters. The normalized spacial score (nSPS) is 16.3. The number of nitrogens with one attached hydrogen (secondary N) is 1. The van der Waals surface area contributed by atoms with E-state index in [9.17, 15) is 33.2 Å². The molecule has 0 spiro atoms. The van der Waals surface area contributed by atoms with Crippen LogP contribution in [0, 0.1) is 16.0 Å². The lowest BCUT2D eigenvalue weighted by atomic mass is 9.94. The summed E-state index contributed by atoms with van der Waals surface area (Å²) in [5.41, 5.74) is 3.01. The quantitative estimate of drug-likeness (QED) is 0.106. The molecule has 6 N–H and O–H groups in total. The number of imidazole rings is 1. The highest BCUT2D eigenvalue weighted by Gasteiger charge is 2.46. The van der Waals surface area contributed by atoms with Gasteiger partial charge in [0, 0.05) is 38.3 Å². The maximum atomic E-state index is 12.6. The number of H-pyrrole nitrogens is 1.